The van der Waals surface area contributed by atoms with E-state index in [4.69, 9.17) is 4.74 Å². The Morgan fingerprint density at radius 3 is 2.75 bits per heavy atom. The molecule has 0 aromatic carbocycles. The van der Waals surface area contributed by atoms with E-state index in [0.717, 1.165) is 38.7 Å². The zero-order valence-electron chi connectivity index (χ0n) is 10.7. The van der Waals surface area contributed by atoms with Gasteiger partial charge in [0.05, 0.1) is 12.7 Å². The Hall–Kier alpha value is -0.120. The van der Waals surface area contributed by atoms with Gasteiger partial charge in [0.1, 0.15) is 0 Å². The Bertz CT molecular complexity index is 208. The van der Waals surface area contributed by atoms with Gasteiger partial charge in [-0.15, -0.1) is 0 Å². The summed E-state index contributed by atoms with van der Waals surface area (Å²) in [5, 5.41) is 6.94. The van der Waals surface area contributed by atoms with E-state index >= 15 is 0 Å². The molecule has 0 spiro atoms. The summed E-state index contributed by atoms with van der Waals surface area (Å²) in [5.74, 6) is 0.936. The smallest absolute Gasteiger partial charge is 0.0824 e. The quantitative estimate of drug-likeness (QED) is 0.743. The van der Waals surface area contributed by atoms with Crippen LogP contribution in [0.15, 0.2) is 0 Å². The van der Waals surface area contributed by atoms with Crippen LogP contribution in [0.5, 0.6) is 0 Å². The van der Waals surface area contributed by atoms with Crippen molar-refractivity contribution in [3.8, 4) is 0 Å². The molecule has 0 radical (unpaired) electrons. The third kappa shape index (κ3) is 3.19. The molecule has 2 N–H and O–H groups in total. The zero-order valence-corrected chi connectivity index (χ0v) is 10.7. The van der Waals surface area contributed by atoms with Gasteiger partial charge in [-0.2, -0.15) is 0 Å². The molecule has 3 nitrogen and oxygen atoms in total. The third-order valence-corrected chi connectivity index (χ3v) is 4.17. The van der Waals surface area contributed by atoms with Crippen molar-refractivity contribution in [3.05, 3.63) is 0 Å². The fraction of sp³-hybridized carbons (Fsp3) is 1.00. The van der Waals surface area contributed by atoms with Crippen LogP contribution in [0, 0.1) is 11.3 Å². The number of rotatable bonds is 5. The van der Waals surface area contributed by atoms with E-state index < -0.39 is 0 Å². The van der Waals surface area contributed by atoms with Gasteiger partial charge >= 0.3 is 0 Å². The monoisotopic (exact) mass is 226 g/mol. The topological polar surface area (TPSA) is 33.3 Å². The minimum absolute atomic E-state index is 0.367. The maximum Gasteiger partial charge on any atom is 0.0824 e. The molecule has 1 aliphatic heterocycles. The summed E-state index contributed by atoms with van der Waals surface area (Å²) in [4.78, 5) is 0. The summed E-state index contributed by atoms with van der Waals surface area (Å²) >= 11 is 0. The number of morpholine rings is 1. The van der Waals surface area contributed by atoms with Crippen molar-refractivity contribution in [2.45, 2.75) is 39.2 Å². The Morgan fingerprint density at radius 1 is 1.38 bits per heavy atom. The molecule has 0 aromatic rings. The van der Waals surface area contributed by atoms with Gasteiger partial charge in [-0.25, -0.2) is 0 Å². The Balaban J connectivity index is 1.62. The van der Waals surface area contributed by atoms with Crippen molar-refractivity contribution in [3.63, 3.8) is 0 Å². The number of ether oxygens (including phenoxy) is 1. The Kier molecular flexibility index (Phi) is 4.22. The summed E-state index contributed by atoms with van der Waals surface area (Å²) in [6.45, 7) is 9.76. The first-order valence-electron chi connectivity index (χ1n) is 6.71. The van der Waals surface area contributed by atoms with E-state index in [0.29, 0.717) is 11.5 Å². The fourth-order valence-corrected chi connectivity index (χ4v) is 2.64. The van der Waals surface area contributed by atoms with Gasteiger partial charge in [0.2, 0.25) is 0 Å². The molecule has 0 amide bonds. The molecule has 0 aromatic heterocycles. The standard InChI is InChI=1S/C13H26N2O/c1-13(2,11-4-3-5-11)10-15-9-12-8-14-6-7-16-12/h11-12,14-15H,3-10H2,1-2H3. The van der Waals surface area contributed by atoms with Gasteiger partial charge in [0, 0.05) is 26.2 Å². The minimum atomic E-state index is 0.367. The minimum Gasteiger partial charge on any atom is -0.374 e. The van der Waals surface area contributed by atoms with Gasteiger partial charge in [0.25, 0.3) is 0 Å². The molecule has 3 heteroatoms. The van der Waals surface area contributed by atoms with Crippen molar-refractivity contribution in [1.29, 1.82) is 0 Å². The highest BCUT2D eigenvalue weighted by atomic mass is 16.5. The highest BCUT2D eigenvalue weighted by Crippen LogP contribution is 2.41. The van der Waals surface area contributed by atoms with E-state index in [9.17, 15) is 0 Å². The van der Waals surface area contributed by atoms with E-state index in [1.165, 1.54) is 19.3 Å². The summed E-state index contributed by atoms with van der Waals surface area (Å²) in [7, 11) is 0. The second kappa shape index (κ2) is 5.48. The number of hydrogen-bond acceptors (Lipinski definition) is 3. The summed E-state index contributed by atoms with van der Waals surface area (Å²) < 4.78 is 5.67. The Labute approximate surface area is 99.3 Å². The molecular weight excluding hydrogens is 200 g/mol. The van der Waals surface area contributed by atoms with Crippen molar-refractivity contribution in [2.24, 2.45) is 11.3 Å². The molecule has 1 atom stereocenters. The van der Waals surface area contributed by atoms with Crippen LogP contribution < -0.4 is 10.6 Å². The van der Waals surface area contributed by atoms with E-state index in [1.807, 2.05) is 0 Å². The third-order valence-electron chi connectivity index (χ3n) is 4.17. The van der Waals surface area contributed by atoms with Crippen LogP contribution in [-0.4, -0.2) is 38.9 Å². The molecule has 1 saturated carbocycles. The average Bonchev–Trinajstić information content (AvgIpc) is 2.15. The summed E-state index contributed by atoms with van der Waals surface area (Å²) in [6, 6.07) is 0. The average molecular weight is 226 g/mol. The van der Waals surface area contributed by atoms with Crippen LogP contribution in [0.2, 0.25) is 0 Å². The van der Waals surface area contributed by atoms with Crippen LogP contribution in [0.1, 0.15) is 33.1 Å². The van der Waals surface area contributed by atoms with E-state index in [-0.39, 0.29) is 0 Å². The predicted molar refractivity (Wildman–Crippen MR) is 66.6 cm³/mol. The van der Waals surface area contributed by atoms with Crippen LogP contribution in [-0.2, 0) is 4.74 Å². The van der Waals surface area contributed by atoms with Gasteiger partial charge in [-0.3, -0.25) is 0 Å². The van der Waals surface area contributed by atoms with Crippen molar-refractivity contribution in [2.75, 3.05) is 32.8 Å². The first-order valence-corrected chi connectivity index (χ1v) is 6.71. The van der Waals surface area contributed by atoms with Crippen LogP contribution in [0.3, 0.4) is 0 Å². The molecule has 1 aliphatic carbocycles. The van der Waals surface area contributed by atoms with Crippen LogP contribution >= 0.6 is 0 Å². The van der Waals surface area contributed by atoms with Crippen molar-refractivity contribution < 1.29 is 4.74 Å². The van der Waals surface area contributed by atoms with Crippen molar-refractivity contribution >= 4 is 0 Å². The van der Waals surface area contributed by atoms with Crippen LogP contribution in [0.25, 0.3) is 0 Å². The highest BCUT2D eigenvalue weighted by Gasteiger charge is 2.33. The predicted octanol–water partition coefficient (Wildman–Crippen LogP) is 1.39. The maximum atomic E-state index is 5.67. The van der Waals surface area contributed by atoms with Crippen LogP contribution in [0.4, 0.5) is 0 Å². The molecule has 2 fully saturated rings. The van der Waals surface area contributed by atoms with E-state index in [2.05, 4.69) is 24.5 Å². The second-order valence-corrected chi connectivity index (χ2v) is 5.94. The lowest BCUT2D eigenvalue weighted by atomic mass is 9.67. The fourth-order valence-electron chi connectivity index (χ4n) is 2.64. The molecule has 2 aliphatic rings. The molecule has 1 heterocycles. The van der Waals surface area contributed by atoms with Gasteiger partial charge in [-0.05, 0) is 24.2 Å². The summed E-state index contributed by atoms with van der Waals surface area (Å²) in [5.41, 5.74) is 0.459. The highest BCUT2D eigenvalue weighted by molar-refractivity contribution is 4.86. The van der Waals surface area contributed by atoms with Crippen molar-refractivity contribution in [1.82, 2.24) is 10.6 Å². The normalized spacial score (nSPS) is 27.8. The zero-order chi connectivity index (χ0) is 11.4. The maximum absolute atomic E-state index is 5.67. The molecule has 2 rings (SSSR count). The first kappa shape index (κ1) is 12.3. The molecular formula is C13H26N2O. The largest absolute Gasteiger partial charge is 0.374 e. The van der Waals surface area contributed by atoms with E-state index in [1.54, 1.807) is 0 Å². The lowest BCUT2D eigenvalue weighted by molar-refractivity contribution is 0.0253. The number of nitrogens with one attached hydrogen (secondary N) is 2. The van der Waals surface area contributed by atoms with Gasteiger partial charge in [0.15, 0.2) is 0 Å². The number of hydrogen-bond donors (Lipinski definition) is 2. The SMILES string of the molecule is CC(C)(CNCC1CNCCO1)C1CCC1. The lowest BCUT2D eigenvalue weighted by Crippen LogP contribution is -2.46. The van der Waals surface area contributed by atoms with Gasteiger partial charge in [-0.1, -0.05) is 20.3 Å². The lowest BCUT2D eigenvalue weighted by Gasteiger charge is -2.41. The molecule has 1 saturated heterocycles. The first-order chi connectivity index (χ1) is 7.68. The van der Waals surface area contributed by atoms with Gasteiger partial charge < -0.3 is 15.4 Å². The molecule has 1 unspecified atom stereocenters. The molecule has 94 valence electrons. The molecule has 0 bridgehead atoms. The second-order valence-electron chi connectivity index (χ2n) is 5.94. The Morgan fingerprint density at radius 2 is 2.19 bits per heavy atom. The molecule has 16 heavy (non-hydrogen) atoms. The summed E-state index contributed by atoms with van der Waals surface area (Å²) in [6.07, 6.45) is 4.65.